The summed E-state index contributed by atoms with van der Waals surface area (Å²) < 4.78 is 29.9. The first-order valence-electron chi connectivity index (χ1n) is 12.1. The summed E-state index contributed by atoms with van der Waals surface area (Å²) in [5.41, 5.74) is 4.60. The standard InChI is InChI=1S/C24H35N2/c1-18-12-10-11-17-23(18)25-19(2)24(21-13-6-4-7-14-21)26(20(25)3)22-15-8-5-9-16-22/h10-12,17,21-22H,4-9,13-16H2,1-3H3/q+1/i3D3. The predicted octanol–water partition coefficient (Wildman–Crippen LogP) is 6.24. The van der Waals surface area contributed by atoms with Crippen LogP contribution in [0.5, 0.6) is 0 Å². The zero-order valence-electron chi connectivity index (χ0n) is 19.4. The molecule has 2 aliphatic rings. The third-order valence-corrected chi connectivity index (χ3v) is 6.69. The maximum Gasteiger partial charge on any atom is 0.259 e. The van der Waals surface area contributed by atoms with Gasteiger partial charge in [-0.1, -0.05) is 43.9 Å². The molecule has 1 aromatic heterocycles. The quantitative estimate of drug-likeness (QED) is 0.577. The number of nitrogens with zero attached hydrogens (tertiary/aromatic N) is 2. The Morgan fingerprint density at radius 3 is 2.23 bits per heavy atom. The van der Waals surface area contributed by atoms with E-state index in [1.54, 1.807) is 0 Å². The lowest BCUT2D eigenvalue weighted by atomic mass is 9.85. The van der Waals surface area contributed by atoms with Crippen LogP contribution in [0.3, 0.4) is 0 Å². The molecule has 2 nitrogen and oxygen atoms in total. The zero-order chi connectivity index (χ0) is 20.6. The van der Waals surface area contributed by atoms with Crippen LogP contribution in [0.4, 0.5) is 0 Å². The van der Waals surface area contributed by atoms with Crippen molar-refractivity contribution >= 4 is 0 Å². The summed E-state index contributed by atoms with van der Waals surface area (Å²) >= 11 is 0. The average molecular weight is 355 g/mol. The van der Waals surface area contributed by atoms with E-state index < -0.39 is 6.85 Å². The Kier molecular flexibility index (Phi) is 4.22. The highest BCUT2D eigenvalue weighted by Crippen LogP contribution is 2.37. The molecule has 0 spiro atoms. The number of rotatable bonds is 3. The highest BCUT2D eigenvalue weighted by molar-refractivity contribution is 5.43. The Bertz CT molecular complexity index is 854. The Morgan fingerprint density at radius 2 is 1.58 bits per heavy atom. The molecule has 1 heterocycles. The number of hydrogen-bond acceptors (Lipinski definition) is 0. The number of aryl methyl sites for hydroxylation is 1. The first kappa shape index (κ1) is 14.5. The summed E-state index contributed by atoms with van der Waals surface area (Å²) in [6.07, 6.45) is 12.1. The van der Waals surface area contributed by atoms with Crippen LogP contribution in [0.1, 0.15) is 103 Å². The molecule has 0 amide bonds. The van der Waals surface area contributed by atoms with Gasteiger partial charge in [-0.15, -0.1) is 0 Å². The minimum atomic E-state index is -2.14. The van der Waals surface area contributed by atoms with Crippen molar-refractivity contribution in [2.24, 2.45) is 0 Å². The van der Waals surface area contributed by atoms with E-state index in [1.165, 1.54) is 57.1 Å². The van der Waals surface area contributed by atoms with E-state index in [1.807, 2.05) is 12.1 Å². The van der Waals surface area contributed by atoms with Crippen molar-refractivity contribution in [1.82, 2.24) is 4.57 Å². The summed E-state index contributed by atoms with van der Waals surface area (Å²) in [6, 6.07) is 8.54. The van der Waals surface area contributed by atoms with Crippen LogP contribution >= 0.6 is 0 Å². The molecular weight excluding hydrogens is 316 g/mol. The van der Waals surface area contributed by atoms with Gasteiger partial charge in [0.15, 0.2) is 0 Å². The lowest BCUT2D eigenvalue weighted by Gasteiger charge is -2.25. The van der Waals surface area contributed by atoms with Gasteiger partial charge in [-0.2, -0.15) is 4.57 Å². The van der Waals surface area contributed by atoms with Gasteiger partial charge < -0.3 is 0 Å². The number of aromatic nitrogens is 2. The van der Waals surface area contributed by atoms with Crippen LogP contribution in [0, 0.1) is 20.7 Å². The molecule has 2 aromatic rings. The second-order valence-electron chi connectivity index (χ2n) is 8.41. The molecular formula is C24H35N2+. The van der Waals surface area contributed by atoms with Gasteiger partial charge in [-0.25, -0.2) is 4.57 Å². The van der Waals surface area contributed by atoms with Crippen LogP contribution in [0.25, 0.3) is 5.69 Å². The monoisotopic (exact) mass is 354 g/mol. The highest BCUT2D eigenvalue weighted by atomic mass is 15.2. The lowest BCUT2D eigenvalue weighted by Crippen LogP contribution is -2.46. The number of hydrogen-bond donors (Lipinski definition) is 0. The van der Waals surface area contributed by atoms with E-state index >= 15 is 0 Å². The summed E-state index contributed by atoms with van der Waals surface area (Å²) in [7, 11) is 0. The lowest BCUT2D eigenvalue weighted by molar-refractivity contribution is -0.738. The molecule has 2 saturated carbocycles. The molecule has 140 valence electrons. The summed E-state index contributed by atoms with van der Waals surface area (Å²) in [4.78, 5) is 0. The topological polar surface area (TPSA) is 8.81 Å². The van der Waals surface area contributed by atoms with Crippen LogP contribution in [0.15, 0.2) is 24.3 Å². The van der Waals surface area contributed by atoms with E-state index in [0.717, 1.165) is 29.8 Å². The van der Waals surface area contributed by atoms with Crippen molar-refractivity contribution in [2.75, 3.05) is 0 Å². The number of imidazole rings is 1. The van der Waals surface area contributed by atoms with Gasteiger partial charge in [-0.3, -0.25) is 0 Å². The SMILES string of the molecule is [2H]C([2H])([2H])c1n(-c2ccccc2C)c(C)c(C2CCCCC2)[n+]1C1CCCCC1. The number of benzene rings is 1. The maximum atomic E-state index is 8.51. The molecule has 0 unspecified atom stereocenters. The minimum Gasteiger partial charge on any atom is -0.228 e. The summed E-state index contributed by atoms with van der Waals surface area (Å²) in [5.74, 6) is 1.01. The average Bonchev–Trinajstić information content (AvgIpc) is 3.03. The first-order chi connectivity index (χ1) is 13.9. The Hall–Kier alpha value is -1.57. The van der Waals surface area contributed by atoms with E-state index in [-0.39, 0.29) is 0 Å². The fraction of sp³-hybridized carbons (Fsp3) is 0.625. The second kappa shape index (κ2) is 7.58. The van der Waals surface area contributed by atoms with Crippen LogP contribution < -0.4 is 4.57 Å². The van der Waals surface area contributed by atoms with Gasteiger partial charge in [0.25, 0.3) is 5.82 Å². The van der Waals surface area contributed by atoms with Gasteiger partial charge >= 0.3 is 0 Å². The van der Waals surface area contributed by atoms with Gasteiger partial charge in [0.05, 0.1) is 0 Å². The maximum absolute atomic E-state index is 8.51. The van der Waals surface area contributed by atoms with Gasteiger partial charge in [-0.05, 0) is 57.1 Å². The third-order valence-electron chi connectivity index (χ3n) is 6.69. The van der Waals surface area contributed by atoms with Crippen molar-refractivity contribution < 1.29 is 8.68 Å². The second-order valence-corrected chi connectivity index (χ2v) is 8.41. The minimum absolute atomic E-state index is 0.320. The predicted molar refractivity (Wildman–Crippen MR) is 108 cm³/mol. The molecule has 0 radical (unpaired) electrons. The van der Waals surface area contributed by atoms with Crippen molar-refractivity contribution in [2.45, 2.75) is 96.9 Å². The fourth-order valence-corrected chi connectivity index (χ4v) is 5.36. The zero-order valence-corrected chi connectivity index (χ0v) is 16.4. The molecule has 0 bridgehead atoms. The molecule has 0 N–H and O–H groups in total. The van der Waals surface area contributed by atoms with Gasteiger partial charge in [0.2, 0.25) is 0 Å². The molecule has 2 aliphatic carbocycles. The molecule has 2 heteroatoms. The first-order valence-corrected chi connectivity index (χ1v) is 10.6. The molecule has 0 aliphatic heterocycles. The van der Waals surface area contributed by atoms with E-state index in [2.05, 4.69) is 35.1 Å². The Labute approximate surface area is 163 Å². The molecule has 2 fully saturated rings. The van der Waals surface area contributed by atoms with Crippen LogP contribution in [-0.2, 0) is 0 Å². The van der Waals surface area contributed by atoms with E-state index in [0.29, 0.717) is 17.8 Å². The summed E-state index contributed by atoms with van der Waals surface area (Å²) in [6.45, 7) is 2.10. The summed E-state index contributed by atoms with van der Waals surface area (Å²) in [5, 5.41) is 0. The fourth-order valence-electron chi connectivity index (χ4n) is 5.36. The van der Waals surface area contributed by atoms with Crippen molar-refractivity contribution in [3.05, 3.63) is 47.0 Å². The largest absolute Gasteiger partial charge is 0.259 e. The van der Waals surface area contributed by atoms with Crippen molar-refractivity contribution in [1.29, 1.82) is 0 Å². The highest BCUT2D eigenvalue weighted by Gasteiger charge is 2.36. The molecule has 0 atom stereocenters. The third kappa shape index (κ3) is 3.12. The normalized spacial score (nSPS) is 22.0. The van der Waals surface area contributed by atoms with Crippen molar-refractivity contribution in [3.8, 4) is 5.69 Å². The van der Waals surface area contributed by atoms with Crippen LogP contribution in [-0.4, -0.2) is 4.57 Å². The Balaban J connectivity index is 2.00. The Morgan fingerprint density at radius 1 is 0.923 bits per heavy atom. The number of para-hydroxylation sites is 1. The molecule has 0 saturated heterocycles. The molecule has 4 rings (SSSR count). The van der Waals surface area contributed by atoms with Crippen molar-refractivity contribution in [3.63, 3.8) is 0 Å². The van der Waals surface area contributed by atoms with Gasteiger partial charge in [0.1, 0.15) is 23.1 Å². The molecule has 1 aromatic carbocycles. The van der Waals surface area contributed by atoms with Gasteiger partial charge in [0, 0.05) is 23.8 Å². The smallest absolute Gasteiger partial charge is 0.228 e. The van der Waals surface area contributed by atoms with E-state index in [9.17, 15) is 0 Å². The molecule has 26 heavy (non-hydrogen) atoms. The van der Waals surface area contributed by atoms with E-state index in [4.69, 9.17) is 4.11 Å². The van der Waals surface area contributed by atoms with Crippen LogP contribution in [0.2, 0.25) is 0 Å².